The van der Waals surface area contributed by atoms with Gasteiger partial charge in [-0.15, -0.1) is 0 Å². The van der Waals surface area contributed by atoms with Crippen LogP contribution in [0.2, 0.25) is 0 Å². The maximum absolute atomic E-state index is 2.63. The van der Waals surface area contributed by atoms with E-state index in [1.54, 1.807) is 0 Å². The van der Waals surface area contributed by atoms with Crippen molar-refractivity contribution in [2.24, 2.45) is 0 Å². The number of benzene rings is 2. The van der Waals surface area contributed by atoms with Crippen molar-refractivity contribution in [1.29, 1.82) is 0 Å². The Morgan fingerprint density at radius 1 is 0.682 bits per heavy atom. The van der Waals surface area contributed by atoms with Crippen LogP contribution in [0, 0.1) is 0 Å². The van der Waals surface area contributed by atoms with Gasteiger partial charge in [0.15, 0.2) is 0 Å². The topological polar surface area (TPSA) is 3.24 Å². The van der Waals surface area contributed by atoms with Crippen molar-refractivity contribution in [2.45, 2.75) is 38.5 Å². The van der Waals surface area contributed by atoms with Gasteiger partial charge in [0.25, 0.3) is 0 Å². The molecule has 0 atom stereocenters. The molecule has 1 saturated heterocycles. The molecule has 0 aliphatic carbocycles. The molecular formula is C21H27N. The van der Waals surface area contributed by atoms with Gasteiger partial charge in [0.2, 0.25) is 0 Å². The number of nitrogens with zero attached hydrogens (tertiary/aromatic N) is 1. The number of likely N-dealkylation sites (tertiary alicyclic amines) is 1. The fraction of sp³-hybridized carbons (Fsp3) is 0.429. The molecule has 0 aromatic heterocycles. The zero-order valence-corrected chi connectivity index (χ0v) is 13.5. The second-order valence-corrected chi connectivity index (χ2v) is 6.48. The summed E-state index contributed by atoms with van der Waals surface area (Å²) in [6, 6.07) is 19.9. The van der Waals surface area contributed by atoms with Crippen molar-refractivity contribution in [3.05, 3.63) is 71.3 Å². The number of aryl methyl sites for hydroxylation is 1. The van der Waals surface area contributed by atoms with Crippen LogP contribution < -0.4 is 0 Å². The molecule has 0 unspecified atom stereocenters. The van der Waals surface area contributed by atoms with E-state index in [1.807, 2.05) is 0 Å². The first-order chi connectivity index (χ1) is 10.9. The third-order valence-corrected chi connectivity index (χ3v) is 4.66. The van der Waals surface area contributed by atoms with Crippen LogP contribution in [0.4, 0.5) is 0 Å². The van der Waals surface area contributed by atoms with Gasteiger partial charge in [-0.05, 0) is 68.4 Å². The average molecular weight is 293 g/mol. The molecule has 1 nitrogen and oxygen atoms in total. The van der Waals surface area contributed by atoms with Gasteiger partial charge >= 0.3 is 0 Å². The monoisotopic (exact) mass is 293 g/mol. The molecular weight excluding hydrogens is 266 g/mol. The summed E-state index contributed by atoms with van der Waals surface area (Å²) in [5.41, 5.74) is 4.28. The van der Waals surface area contributed by atoms with Gasteiger partial charge in [-0.3, -0.25) is 0 Å². The number of hydrogen-bond donors (Lipinski definition) is 0. The molecule has 0 bridgehead atoms. The average Bonchev–Trinajstić information content (AvgIpc) is 2.58. The molecule has 3 rings (SSSR count). The van der Waals surface area contributed by atoms with Crippen LogP contribution in [0.25, 0.3) is 0 Å². The molecule has 1 aliphatic heterocycles. The Balaban J connectivity index is 1.45. The van der Waals surface area contributed by atoms with E-state index >= 15 is 0 Å². The van der Waals surface area contributed by atoms with Crippen LogP contribution in [0.15, 0.2) is 54.6 Å². The predicted octanol–water partition coefficient (Wildman–Crippen LogP) is 4.70. The summed E-state index contributed by atoms with van der Waals surface area (Å²) >= 11 is 0. The van der Waals surface area contributed by atoms with Gasteiger partial charge in [-0.2, -0.15) is 0 Å². The minimum Gasteiger partial charge on any atom is -0.303 e. The Hall–Kier alpha value is -1.60. The Morgan fingerprint density at radius 2 is 1.32 bits per heavy atom. The third kappa shape index (κ3) is 4.71. The van der Waals surface area contributed by atoms with Gasteiger partial charge in [-0.1, -0.05) is 61.0 Å². The van der Waals surface area contributed by atoms with Crippen molar-refractivity contribution in [2.75, 3.05) is 19.6 Å². The standard InChI is InChI=1S/C21H27N/c1-3-8-20(9-4-1)18-21-13-11-19(12-14-21)10-7-17-22-15-5-2-6-16-22/h1,3-4,8-9,11-14H,2,5-7,10,15-18H2. The van der Waals surface area contributed by atoms with Crippen molar-refractivity contribution in [1.82, 2.24) is 4.90 Å². The molecule has 0 spiro atoms. The molecule has 2 aromatic carbocycles. The van der Waals surface area contributed by atoms with E-state index in [1.165, 1.54) is 68.4 Å². The largest absolute Gasteiger partial charge is 0.303 e. The Bertz CT molecular complexity index is 538. The lowest BCUT2D eigenvalue weighted by atomic mass is 10.0. The minimum absolute atomic E-state index is 1.04. The third-order valence-electron chi connectivity index (χ3n) is 4.66. The lowest BCUT2D eigenvalue weighted by molar-refractivity contribution is 0.226. The smallest absolute Gasteiger partial charge is 0.00156 e. The van der Waals surface area contributed by atoms with Gasteiger partial charge < -0.3 is 4.90 Å². The first kappa shape index (κ1) is 15.3. The SMILES string of the molecule is c1ccc(Cc2ccc(CCCN3CCCCC3)cc2)cc1. The Kier molecular flexibility index (Phi) is 5.66. The quantitative estimate of drug-likeness (QED) is 0.746. The van der Waals surface area contributed by atoms with E-state index < -0.39 is 0 Å². The Morgan fingerprint density at radius 3 is 2.05 bits per heavy atom. The molecule has 1 heteroatoms. The highest BCUT2D eigenvalue weighted by Crippen LogP contribution is 2.13. The lowest BCUT2D eigenvalue weighted by Gasteiger charge is -2.26. The van der Waals surface area contributed by atoms with Crippen molar-refractivity contribution in [3.63, 3.8) is 0 Å². The van der Waals surface area contributed by atoms with E-state index in [2.05, 4.69) is 59.5 Å². The maximum atomic E-state index is 2.63. The minimum atomic E-state index is 1.04. The number of piperidine rings is 1. The zero-order valence-electron chi connectivity index (χ0n) is 13.5. The summed E-state index contributed by atoms with van der Waals surface area (Å²) in [5.74, 6) is 0. The fourth-order valence-electron chi connectivity index (χ4n) is 3.35. The van der Waals surface area contributed by atoms with Gasteiger partial charge in [0.1, 0.15) is 0 Å². The second kappa shape index (κ2) is 8.14. The van der Waals surface area contributed by atoms with E-state index in [0.717, 1.165) is 6.42 Å². The summed E-state index contributed by atoms with van der Waals surface area (Å²) in [5, 5.41) is 0. The van der Waals surface area contributed by atoms with E-state index in [9.17, 15) is 0 Å². The van der Waals surface area contributed by atoms with Crippen LogP contribution >= 0.6 is 0 Å². The summed E-state index contributed by atoms with van der Waals surface area (Å²) in [6.07, 6.45) is 7.76. The van der Waals surface area contributed by atoms with Crippen LogP contribution in [0.5, 0.6) is 0 Å². The predicted molar refractivity (Wildman–Crippen MR) is 94.3 cm³/mol. The summed E-state index contributed by atoms with van der Waals surface area (Å²) in [7, 11) is 0. The molecule has 22 heavy (non-hydrogen) atoms. The van der Waals surface area contributed by atoms with E-state index in [0.29, 0.717) is 0 Å². The molecule has 1 aliphatic rings. The molecule has 0 N–H and O–H groups in total. The molecule has 2 aromatic rings. The highest BCUT2D eigenvalue weighted by molar-refractivity contribution is 5.28. The van der Waals surface area contributed by atoms with E-state index in [4.69, 9.17) is 0 Å². The van der Waals surface area contributed by atoms with Crippen LogP contribution in [-0.4, -0.2) is 24.5 Å². The molecule has 1 fully saturated rings. The van der Waals surface area contributed by atoms with Gasteiger partial charge in [0, 0.05) is 0 Å². The molecule has 0 radical (unpaired) electrons. The van der Waals surface area contributed by atoms with Gasteiger partial charge in [-0.25, -0.2) is 0 Å². The summed E-state index contributed by atoms with van der Waals surface area (Å²) in [6.45, 7) is 3.90. The number of rotatable bonds is 6. The summed E-state index contributed by atoms with van der Waals surface area (Å²) < 4.78 is 0. The second-order valence-electron chi connectivity index (χ2n) is 6.48. The first-order valence-electron chi connectivity index (χ1n) is 8.74. The summed E-state index contributed by atoms with van der Waals surface area (Å²) in [4.78, 5) is 2.63. The van der Waals surface area contributed by atoms with Crippen molar-refractivity contribution in [3.8, 4) is 0 Å². The van der Waals surface area contributed by atoms with Crippen molar-refractivity contribution >= 4 is 0 Å². The molecule has 116 valence electrons. The normalized spacial score (nSPS) is 15.8. The van der Waals surface area contributed by atoms with Crippen LogP contribution in [0.3, 0.4) is 0 Å². The fourth-order valence-corrected chi connectivity index (χ4v) is 3.35. The molecule has 0 amide bonds. The first-order valence-corrected chi connectivity index (χ1v) is 8.74. The van der Waals surface area contributed by atoms with Crippen molar-refractivity contribution < 1.29 is 0 Å². The van der Waals surface area contributed by atoms with Crippen LogP contribution in [-0.2, 0) is 12.8 Å². The molecule has 0 saturated carbocycles. The highest BCUT2D eigenvalue weighted by atomic mass is 15.1. The zero-order chi connectivity index (χ0) is 15.0. The van der Waals surface area contributed by atoms with E-state index in [-0.39, 0.29) is 0 Å². The highest BCUT2D eigenvalue weighted by Gasteiger charge is 2.09. The van der Waals surface area contributed by atoms with Crippen LogP contribution in [0.1, 0.15) is 42.4 Å². The molecule has 1 heterocycles. The van der Waals surface area contributed by atoms with Gasteiger partial charge in [0.05, 0.1) is 0 Å². The Labute approximate surface area is 135 Å². The number of hydrogen-bond acceptors (Lipinski definition) is 1. The maximum Gasteiger partial charge on any atom is -0.00156 e. The lowest BCUT2D eigenvalue weighted by Crippen LogP contribution is -2.30.